The van der Waals surface area contributed by atoms with E-state index < -0.39 is 24.4 Å². The van der Waals surface area contributed by atoms with Crippen molar-refractivity contribution in [2.75, 3.05) is 26.9 Å². The Balaban J connectivity index is 1.61. The molecule has 3 rings (SSSR count). The summed E-state index contributed by atoms with van der Waals surface area (Å²) in [5.74, 6) is -2.04. The zero-order valence-corrected chi connectivity index (χ0v) is 17.4. The van der Waals surface area contributed by atoms with E-state index in [4.69, 9.17) is 9.47 Å². The van der Waals surface area contributed by atoms with E-state index in [1.54, 1.807) is 6.92 Å². The topological polar surface area (TPSA) is 102 Å². The van der Waals surface area contributed by atoms with Gasteiger partial charge in [0, 0.05) is 19.7 Å². The Bertz CT molecular complexity index is 989. The van der Waals surface area contributed by atoms with Gasteiger partial charge in [-0.05, 0) is 37.1 Å². The largest absolute Gasteiger partial charge is 0.452 e. The summed E-state index contributed by atoms with van der Waals surface area (Å²) >= 11 is 0. The van der Waals surface area contributed by atoms with Crippen LogP contribution in [0, 0.1) is 0 Å². The molecule has 0 saturated carbocycles. The molecule has 1 heterocycles. The first kappa shape index (κ1) is 22.2. The number of fused-ring (bicyclic) bond motifs is 1. The number of imide groups is 1. The fraction of sp³-hybridized carbons (Fsp3) is 0.304. The Morgan fingerprint density at radius 1 is 1.03 bits per heavy atom. The summed E-state index contributed by atoms with van der Waals surface area (Å²) in [6.45, 7) is 1.88. The summed E-state index contributed by atoms with van der Waals surface area (Å²) < 4.78 is 9.95. The predicted octanol–water partition coefficient (Wildman–Crippen LogP) is 1.83. The molecule has 1 aliphatic heterocycles. The molecule has 2 aromatic carbocycles. The number of hydrogen-bond donors (Lipinski definition) is 1. The standard InChI is InChI=1S/C23H24N2O6/c1-15(13-30-2)24-20(26)14-31-23(29)17-8-9-18-19(12-17)22(28)25(21(18)27)11-10-16-6-4-3-5-7-16/h3-9,12,15H,10-11,13-14H2,1-2H3,(H,24,26)/t15-/m1/s1. The second-order valence-electron chi connectivity index (χ2n) is 7.26. The van der Waals surface area contributed by atoms with Crippen molar-refractivity contribution in [3.63, 3.8) is 0 Å². The molecule has 1 N–H and O–H groups in total. The van der Waals surface area contributed by atoms with E-state index in [0.717, 1.165) is 5.56 Å². The zero-order valence-electron chi connectivity index (χ0n) is 17.4. The third-order valence-electron chi connectivity index (χ3n) is 4.83. The van der Waals surface area contributed by atoms with Gasteiger partial charge in [0.1, 0.15) is 0 Å². The molecule has 0 saturated heterocycles. The van der Waals surface area contributed by atoms with Crippen LogP contribution in [0.4, 0.5) is 0 Å². The average Bonchev–Trinajstić information content (AvgIpc) is 3.00. The molecule has 8 nitrogen and oxygen atoms in total. The quantitative estimate of drug-likeness (QED) is 0.487. The van der Waals surface area contributed by atoms with Crippen LogP contribution in [0.25, 0.3) is 0 Å². The molecule has 1 atom stereocenters. The third-order valence-corrected chi connectivity index (χ3v) is 4.83. The van der Waals surface area contributed by atoms with E-state index in [2.05, 4.69) is 5.32 Å². The van der Waals surface area contributed by atoms with E-state index in [0.29, 0.717) is 13.0 Å². The van der Waals surface area contributed by atoms with Crippen molar-refractivity contribution in [3.05, 3.63) is 70.8 Å². The molecule has 0 unspecified atom stereocenters. The minimum absolute atomic E-state index is 0.0996. The molecule has 8 heteroatoms. The number of methoxy groups -OCH3 is 1. The summed E-state index contributed by atoms with van der Waals surface area (Å²) in [7, 11) is 1.52. The van der Waals surface area contributed by atoms with Crippen molar-refractivity contribution in [1.82, 2.24) is 10.2 Å². The number of nitrogens with zero attached hydrogens (tertiary/aromatic N) is 1. The highest BCUT2D eigenvalue weighted by atomic mass is 16.5. The summed E-state index contributed by atoms with van der Waals surface area (Å²) in [6.07, 6.45) is 0.539. The SMILES string of the molecule is COC[C@@H](C)NC(=O)COC(=O)c1ccc2c(c1)C(=O)N(CCc1ccccc1)C2=O. The number of carbonyl (C=O) groups is 4. The van der Waals surface area contributed by atoms with Crippen LogP contribution in [-0.4, -0.2) is 61.5 Å². The van der Waals surface area contributed by atoms with Crippen LogP contribution in [-0.2, 0) is 20.7 Å². The molecule has 162 valence electrons. The second kappa shape index (κ2) is 9.99. The average molecular weight is 424 g/mol. The number of ether oxygens (including phenoxy) is 2. The molecule has 0 radical (unpaired) electrons. The lowest BCUT2D eigenvalue weighted by atomic mass is 10.1. The lowest BCUT2D eigenvalue weighted by Crippen LogP contribution is -2.38. The maximum Gasteiger partial charge on any atom is 0.338 e. The molecule has 2 aromatic rings. The van der Waals surface area contributed by atoms with Crippen LogP contribution >= 0.6 is 0 Å². The molecule has 0 spiro atoms. The first-order valence-electron chi connectivity index (χ1n) is 9.90. The van der Waals surface area contributed by atoms with Gasteiger partial charge in [0.2, 0.25) is 0 Å². The highest BCUT2D eigenvalue weighted by molar-refractivity contribution is 6.22. The Morgan fingerprint density at radius 2 is 1.74 bits per heavy atom. The van der Waals surface area contributed by atoms with Gasteiger partial charge in [0.15, 0.2) is 6.61 Å². The highest BCUT2D eigenvalue weighted by Gasteiger charge is 2.35. The lowest BCUT2D eigenvalue weighted by Gasteiger charge is -2.13. The summed E-state index contributed by atoms with van der Waals surface area (Å²) in [5.41, 5.74) is 1.52. The van der Waals surface area contributed by atoms with Gasteiger partial charge in [0.05, 0.1) is 23.3 Å². The third kappa shape index (κ3) is 5.35. The Morgan fingerprint density at radius 3 is 2.45 bits per heavy atom. The minimum Gasteiger partial charge on any atom is -0.452 e. The number of amides is 3. The number of rotatable bonds is 9. The van der Waals surface area contributed by atoms with Crippen molar-refractivity contribution in [2.45, 2.75) is 19.4 Å². The maximum atomic E-state index is 12.7. The van der Waals surface area contributed by atoms with Gasteiger partial charge in [-0.15, -0.1) is 0 Å². The van der Waals surface area contributed by atoms with Crippen molar-refractivity contribution >= 4 is 23.7 Å². The van der Waals surface area contributed by atoms with Gasteiger partial charge >= 0.3 is 5.97 Å². The molecular formula is C23H24N2O6. The van der Waals surface area contributed by atoms with Crippen molar-refractivity contribution in [1.29, 1.82) is 0 Å². The second-order valence-corrected chi connectivity index (χ2v) is 7.26. The zero-order chi connectivity index (χ0) is 22.4. The summed E-state index contributed by atoms with van der Waals surface area (Å²) in [6, 6.07) is 13.5. The van der Waals surface area contributed by atoms with Gasteiger partial charge in [0.25, 0.3) is 17.7 Å². The fourth-order valence-corrected chi connectivity index (χ4v) is 3.33. The number of nitrogens with one attached hydrogen (secondary N) is 1. The Hall–Kier alpha value is -3.52. The maximum absolute atomic E-state index is 12.7. The first-order chi connectivity index (χ1) is 14.9. The number of benzene rings is 2. The van der Waals surface area contributed by atoms with Crippen molar-refractivity contribution in [3.8, 4) is 0 Å². The van der Waals surface area contributed by atoms with Crippen LogP contribution in [0.3, 0.4) is 0 Å². The molecule has 1 aliphatic rings. The van der Waals surface area contributed by atoms with Crippen LogP contribution in [0.15, 0.2) is 48.5 Å². The van der Waals surface area contributed by atoms with E-state index in [-0.39, 0.29) is 35.2 Å². The van der Waals surface area contributed by atoms with Gasteiger partial charge in [-0.2, -0.15) is 0 Å². The fourth-order valence-electron chi connectivity index (χ4n) is 3.33. The molecule has 0 aliphatic carbocycles. The van der Waals surface area contributed by atoms with Gasteiger partial charge in [-0.1, -0.05) is 30.3 Å². The van der Waals surface area contributed by atoms with Crippen LogP contribution in [0.5, 0.6) is 0 Å². The number of hydrogen-bond acceptors (Lipinski definition) is 6. The van der Waals surface area contributed by atoms with E-state index >= 15 is 0 Å². The Kier molecular flexibility index (Phi) is 7.15. The van der Waals surface area contributed by atoms with Crippen LogP contribution < -0.4 is 5.32 Å². The predicted molar refractivity (Wildman–Crippen MR) is 112 cm³/mol. The summed E-state index contributed by atoms with van der Waals surface area (Å²) in [5, 5.41) is 2.63. The molecule has 0 bridgehead atoms. The monoisotopic (exact) mass is 424 g/mol. The van der Waals surface area contributed by atoms with Crippen LogP contribution in [0.1, 0.15) is 43.6 Å². The van der Waals surface area contributed by atoms with Gasteiger partial charge in [-0.3, -0.25) is 19.3 Å². The normalized spacial score (nSPS) is 13.7. The molecular weight excluding hydrogens is 400 g/mol. The molecule has 31 heavy (non-hydrogen) atoms. The molecule has 3 amide bonds. The number of carbonyl (C=O) groups excluding carboxylic acids is 4. The van der Waals surface area contributed by atoms with Crippen LogP contribution in [0.2, 0.25) is 0 Å². The smallest absolute Gasteiger partial charge is 0.338 e. The molecule has 0 aromatic heterocycles. The van der Waals surface area contributed by atoms with Crippen molar-refractivity contribution in [2.24, 2.45) is 0 Å². The van der Waals surface area contributed by atoms with Gasteiger partial charge in [-0.25, -0.2) is 4.79 Å². The molecule has 0 fully saturated rings. The lowest BCUT2D eigenvalue weighted by molar-refractivity contribution is -0.125. The van der Waals surface area contributed by atoms with E-state index in [9.17, 15) is 19.2 Å². The first-order valence-corrected chi connectivity index (χ1v) is 9.90. The van der Waals surface area contributed by atoms with E-state index in [1.807, 2.05) is 30.3 Å². The van der Waals surface area contributed by atoms with E-state index in [1.165, 1.54) is 30.2 Å². The van der Waals surface area contributed by atoms with Crippen molar-refractivity contribution < 1.29 is 28.7 Å². The van der Waals surface area contributed by atoms with Gasteiger partial charge < -0.3 is 14.8 Å². The Labute approximate surface area is 180 Å². The minimum atomic E-state index is -0.750. The number of esters is 1. The highest BCUT2D eigenvalue weighted by Crippen LogP contribution is 2.24. The summed E-state index contributed by atoms with van der Waals surface area (Å²) in [4.78, 5) is 50.6.